The minimum atomic E-state index is 0.884. The highest BCUT2D eigenvalue weighted by atomic mass is 14.3. The molecule has 16 heavy (non-hydrogen) atoms. The molecule has 0 heteroatoms. The Labute approximate surface area is 98.4 Å². The first-order chi connectivity index (χ1) is 7.81. The van der Waals surface area contributed by atoms with Crippen molar-refractivity contribution >= 4 is 0 Å². The van der Waals surface area contributed by atoms with Crippen LogP contribution in [0, 0.1) is 6.92 Å². The van der Waals surface area contributed by atoms with Gasteiger partial charge in [0.05, 0.1) is 0 Å². The molecule has 84 valence electrons. The van der Waals surface area contributed by atoms with E-state index in [2.05, 4.69) is 25.6 Å². The molecule has 0 N–H and O–H groups in total. The molecule has 0 amide bonds. The largest absolute Gasteiger partial charge is 0.103 e. The Morgan fingerprint density at radius 3 is 2.88 bits per heavy atom. The predicted octanol–water partition coefficient (Wildman–Crippen LogP) is 4.09. The van der Waals surface area contributed by atoms with Gasteiger partial charge in [0.25, 0.3) is 0 Å². The van der Waals surface area contributed by atoms with E-state index in [-0.39, 0.29) is 0 Å². The molecule has 0 radical (unpaired) electrons. The zero-order valence-corrected chi connectivity index (χ0v) is 10.2. The third-order valence-electron chi connectivity index (χ3n) is 4.21. The van der Waals surface area contributed by atoms with Gasteiger partial charge in [0, 0.05) is 0 Å². The van der Waals surface area contributed by atoms with Gasteiger partial charge in [0.1, 0.15) is 0 Å². The number of allylic oxidation sites excluding steroid dienone is 1. The first kappa shape index (κ1) is 10.1. The van der Waals surface area contributed by atoms with Gasteiger partial charge in [0.15, 0.2) is 0 Å². The molecule has 0 saturated heterocycles. The normalized spacial score (nSPS) is 18.6. The first-order valence-corrected chi connectivity index (χ1v) is 6.56. The lowest BCUT2D eigenvalue weighted by atomic mass is 9.90. The summed E-state index contributed by atoms with van der Waals surface area (Å²) in [6.45, 7) is 6.24. The summed E-state index contributed by atoms with van der Waals surface area (Å²) in [4.78, 5) is 0. The molecule has 0 spiro atoms. The summed E-state index contributed by atoms with van der Waals surface area (Å²) >= 11 is 0. The zero-order chi connectivity index (χ0) is 11.1. The maximum absolute atomic E-state index is 3.91. The molecule has 0 heterocycles. The molecule has 2 aliphatic carbocycles. The average Bonchev–Trinajstić information content (AvgIpc) is 3.01. The highest BCUT2D eigenvalue weighted by molar-refractivity contribution is 5.50. The van der Waals surface area contributed by atoms with E-state index < -0.39 is 0 Å². The van der Waals surface area contributed by atoms with E-state index in [9.17, 15) is 0 Å². The van der Waals surface area contributed by atoms with Crippen molar-refractivity contribution in [2.75, 3.05) is 0 Å². The monoisotopic (exact) mass is 212 g/mol. The Morgan fingerprint density at radius 2 is 2.19 bits per heavy atom. The van der Waals surface area contributed by atoms with Crippen LogP contribution in [0.1, 0.15) is 53.0 Å². The summed E-state index contributed by atoms with van der Waals surface area (Å²) in [6, 6.07) is 2.52. The van der Waals surface area contributed by atoms with Crippen LogP contribution in [0.3, 0.4) is 0 Å². The molecule has 1 aromatic carbocycles. The lowest BCUT2D eigenvalue weighted by Crippen LogP contribution is -2.00. The molecule has 0 bridgehead atoms. The van der Waals surface area contributed by atoms with Crippen LogP contribution in [0.5, 0.6) is 0 Å². The van der Waals surface area contributed by atoms with Crippen LogP contribution < -0.4 is 0 Å². The maximum atomic E-state index is 3.91. The number of hydrogen-bond acceptors (Lipinski definition) is 0. The van der Waals surface area contributed by atoms with Crippen molar-refractivity contribution in [3.8, 4) is 0 Å². The molecule has 0 aliphatic heterocycles. The molecule has 0 aromatic heterocycles. The van der Waals surface area contributed by atoms with Crippen molar-refractivity contribution in [1.82, 2.24) is 0 Å². The summed E-state index contributed by atoms with van der Waals surface area (Å²) in [7, 11) is 0. The van der Waals surface area contributed by atoms with Crippen LogP contribution in [0.2, 0.25) is 0 Å². The van der Waals surface area contributed by atoms with Crippen LogP contribution in [-0.4, -0.2) is 0 Å². The van der Waals surface area contributed by atoms with E-state index in [1.54, 1.807) is 27.8 Å². The van der Waals surface area contributed by atoms with Crippen LogP contribution in [0.4, 0.5) is 0 Å². The summed E-state index contributed by atoms with van der Waals surface area (Å²) < 4.78 is 0. The maximum Gasteiger partial charge on any atom is -0.00946 e. The Kier molecular flexibility index (Phi) is 2.38. The summed E-state index contributed by atoms with van der Waals surface area (Å²) in [5, 5.41) is 0. The quantitative estimate of drug-likeness (QED) is 0.662. The van der Waals surface area contributed by atoms with E-state index in [4.69, 9.17) is 0 Å². The van der Waals surface area contributed by atoms with Crippen molar-refractivity contribution < 1.29 is 0 Å². The first-order valence-electron chi connectivity index (χ1n) is 6.56. The molecule has 1 saturated carbocycles. The van der Waals surface area contributed by atoms with Crippen LogP contribution in [0.25, 0.3) is 0 Å². The van der Waals surface area contributed by atoms with Gasteiger partial charge in [-0.3, -0.25) is 0 Å². The third kappa shape index (κ3) is 1.52. The molecule has 0 unspecified atom stereocenters. The topological polar surface area (TPSA) is 0 Å². The lowest BCUT2D eigenvalue weighted by Gasteiger charge is -2.15. The Hall–Kier alpha value is -1.04. The number of rotatable bonds is 3. The molecular weight excluding hydrogens is 192 g/mol. The van der Waals surface area contributed by atoms with Gasteiger partial charge in [-0.15, -0.1) is 6.58 Å². The fourth-order valence-corrected chi connectivity index (χ4v) is 3.21. The lowest BCUT2D eigenvalue weighted by molar-refractivity contribution is 0.907. The Bertz CT molecular complexity index is 436. The minimum absolute atomic E-state index is 0.884. The van der Waals surface area contributed by atoms with E-state index in [1.807, 2.05) is 0 Å². The fourth-order valence-electron chi connectivity index (χ4n) is 3.21. The average molecular weight is 212 g/mol. The van der Waals surface area contributed by atoms with Gasteiger partial charge in [-0.1, -0.05) is 12.1 Å². The standard InChI is InChI=1S/C16H20/c1-3-5-14-11(2)16(12-8-9-12)10-13-6-4-7-15(13)14/h3,10,12H,1,4-9H2,2H3. The van der Waals surface area contributed by atoms with Crippen molar-refractivity contribution in [3.63, 3.8) is 0 Å². The Morgan fingerprint density at radius 1 is 1.38 bits per heavy atom. The molecule has 0 atom stereocenters. The Balaban J connectivity index is 2.15. The number of aryl methyl sites for hydroxylation is 1. The molecule has 1 fully saturated rings. The predicted molar refractivity (Wildman–Crippen MR) is 69.1 cm³/mol. The highest BCUT2D eigenvalue weighted by Crippen LogP contribution is 2.44. The zero-order valence-electron chi connectivity index (χ0n) is 10.2. The SMILES string of the molecule is C=CCc1c(C)c(C2CC2)cc2c1CCC2. The second kappa shape index (κ2) is 3.76. The summed E-state index contributed by atoms with van der Waals surface area (Å²) in [6.07, 6.45) is 9.91. The molecule has 2 aliphatic rings. The van der Waals surface area contributed by atoms with Gasteiger partial charge in [-0.25, -0.2) is 0 Å². The van der Waals surface area contributed by atoms with E-state index >= 15 is 0 Å². The van der Waals surface area contributed by atoms with Crippen molar-refractivity contribution in [2.45, 2.75) is 51.4 Å². The second-order valence-electron chi connectivity index (χ2n) is 5.33. The molecule has 0 nitrogen and oxygen atoms in total. The highest BCUT2D eigenvalue weighted by Gasteiger charge is 2.28. The van der Waals surface area contributed by atoms with Gasteiger partial charge in [-0.2, -0.15) is 0 Å². The molecule has 1 aromatic rings. The van der Waals surface area contributed by atoms with E-state index in [0.29, 0.717) is 0 Å². The number of fused-ring (bicyclic) bond motifs is 1. The van der Waals surface area contributed by atoms with Gasteiger partial charge < -0.3 is 0 Å². The number of hydrogen-bond donors (Lipinski definition) is 0. The minimum Gasteiger partial charge on any atom is -0.103 e. The van der Waals surface area contributed by atoms with Crippen molar-refractivity contribution in [3.05, 3.63) is 46.5 Å². The van der Waals surface area contributed by atoms with Crippen molar-refractivity contribution in [1.29, 1.82) is 0 Å². The fraction of sp³-hybridized carbons (Fsp3) is 0.500. The van der Waals surface area contributed by atoms with Crippen molar-refractivity contribution in [2.24, 2.45) is 0 Å². The van der Waals surface area contributed by atoms with Crippen LogP contribution >= 0.6 is 0 Å². The summed E-state index contributed by atoms with van der Waals surface area (Å²) in [5.41, 5.74) is 8.12. The molecule has 3 rings (SSSR count). The number of benzene rings is 1. The molecular formula is C16H20. The van der Waals surface area contributed by atoms with Crippen LogP contribution in [0.15, 0.2) is 18.7 Å². The summed E-state index contributed by atoms with van der Waals surface area (Å²) in [5.74, 6) is 0.884. The van der Waals surface area contributed by atoms with Gasteiger partial charge in [-0.05, 0) is 79.2 Å². The van der Waals surface area contributed by atoms with Crippen LogP contribution in [-0.2, 0) is 19.3 Å². The van der Waals surface area contributed by atoms with Gasteiger partial charge >= 0.3 is 0 Å². The van der Waals surface area contributed by atoms with Gasteiger partial charge in [0.2, 0.25) is 0 Å². The second-order valence-corrected chi connectivity index (χ2v) is 5.33. The van der Waals surface area contributed by atoms with E-state index in [0.717, 1.165) is 12.3 Å². The smallest absolute Gasteiger partial charge is 0.00946 e. The van der Waals surface area contributed by atoms with E-state index in [1.165, 1.54) is 32.1 Å². The third-order valence-corrected chi connectivity index (χ3v) is 4.21.